The Morgan fingerprint density at radius 1 is 1.67 bits per heavy atom. The summed E-state index contributed by atoms with van der Waals surface area (Å²) in [6.45, 7) is 0. The maximum atomic E-state index is 11.9. The van der Waals surface area contributed by atoms with Gasteiger partial charge in [0.1, 0.15) is 5.82 Å². The van der Waals surface area contributed by atoms with Crippen molar-refractivity contribution in [1.82, 2.24) is 10.2 Å². The van der Waals surface area contributed by atoms with Crippen LogP contribution >= 0.6 is 33.9 Å². The molecule has 2 aromatic heterocycles. The van der Waals surface area contributed by atoms with Crippen LogP contribution < -0.4 is 11.1 Å². The van der Waals surface area contributed by atoms with Gasteiger partial charge in [-0.2, -0.15) is 5.10 Å². The van der Waals surface area contributed by atoms with Crippen LogP contribution in [0.15, 0.2) is 22.8 Å². The molecule has 0 saturated heterocycles. The molecule has 0 aliphatic heterocycles. The second kappa shape index (κ2) is 5.35. The summed E-state index contributed by atoms with van der Waals surface area (Å²) in [5.41, 5.74) is 6.32. The van der Waals surface area contributed by atoms with Crippen LogP contribution in [0.25, 0.3) is 0 Å². The number of nitrogens with two attached hydrogens (primary N) is 1. The molecular formula is C9H8IN5O2S. The van der Waals surface area contributed by atoms with E-state index >= 15 is 0 Å². The monoisotopic (exact) mass is 377 g/mol. The van der Waals surface area contributed by atoms with Gasteiger partial charge in [-0.15, -0.1) is 11.3 Å². The van der Waals surface area contributed by atoms with Crippen molar-refractivity contribution in [3.05, 3.63) is 31.7 Å². The predicted octanol–water partition coefficient (Wildman–Crippen LogP) is 1.42. The highest BCUT2D eigenvalue weighted by Crippen LogP contribution is 2.18. The molecular weight excluding hydrogens is 369 g/mol. The van der Waals surface area contributed by atoms with E-state index in [1.807, 2.05) is 0 Å². The third kappa shape index (κ3) is 2.61. The number of hydrogen-bond acceptors (Lipinski definition) is 5. The Labute approximate surface area is 119 Å². The summed E-state index contributed by atoms with van der Waals surface area (Å²) in [7, 11) is 0. The van der Waals surface area contributed by atoms with Crippen LogP contribution in [0, 0.1) is 2.88 Å². The topological polar surface area (TPSA) is 116 Å². The molecule has 0 unspecified atom stereocenters. The molecule has 2 aromatic rings. The fourth-order valence-corrected chi connectivity index (χ4v) is 2.57. The van der Waals surface area contributed by atoms with E-state index in [0.717, 1.165) is 2.88 Å². The molecule has 2 heterocycles. The first-order chi connectivity index (χ1) is 8.61. The summed E-state index contributed by atoms with van der Waals surface area (Å²) in [4.78, 5) is 11.9. The minimum absolute atomic E-state index is 0.126. The highest BCUT2D eigenvalue weighted by molar-refractivity contribution is 14.1. The van der Waals surface area contributed by atoms with Gasteiger partial charge >= 0.3 is 0 Å². The van der Waals surface area contributed by atoms with Crippen LogP contribution in [0.2, 0.25) is 0 Å². The zero-order valence-corrected chi connectivity index (χ0v) is 11.8. The smallest absolute Gasteiger partial charge is 0.257 e. The molecule has 9 heteroatoms. The SMILES string of the molecule is NC(=NO)c1cn[nH]c1NC(=O)c1csc(I)c1. The second-order valence-electron chi connectivity index (χ2n) is 3.24. The van der Waals surface area contributed by atoms with Crippen LogP contribution in [0.4, 0.5) is 5.82 Å². The number of aromatic nitrogens is 2. The number of oxime groups is 1. The normalized spacial score (nSPS) is 11.5. The molecule has 18 heavy (non-hydrogen) atoms. The molecule has 1 amide bonds. The Hall–Kier alpha value is -1.62. The van der Waals surface area contributed by atoms with E-state index in [4.69, 9.17) is 10.9 Å². The summed E-state index contributed by atoms with van der Waals surface area (Å²) in [5.74, 6) is -0.124. The number of amides is 1. The van der Waals surface area contributed by atoms with Gasteiger partial charge in [0.2, 0.25) is 0 Å². The summed E-state index contributed by atoms with van der Waals surface area (Å²) >= 11 is 3.61. The van der Waals surface area contributed by atoms with Gasteiger partial charge in [-0.1, -0.05) is 5.16 Å². The van der Waals surface area contributed by atoms with E-state index in [-0.39, 0.29) is 17.6 Å². The molecule has 0 atom stereocenters. The maximum Gasteiger partial charge on any atom is 0.257 e. The average Bonchev–Trinajstić information content (AvgIpc) is 2.97. The van der Waals surface area contributed by atoms with E-state index in [9.17, 15) is 4.79 Å². The van der Waals surface area contributed by atoms with Crippen molar-refractivity contribution in [2.45, 2.75) is 0 Å². The van der Waals surface area contributed by atoms with Gasteiger partial charge in [0.05, 0.1) is 20.2 Å². The lowest BCUT2D eigenvalue weighted by atomic mass is 10.3. The second-order valence-corrected chi connectivity index (χ2v) is 6.04. The van der Waals surface area contributed by atoms with Gasteiger partial charge in [-0.3, -0.25) is 9.89 Å². The van der Waals surface area contributed by atoms with E-state index in [1.165, 1.54) is 17.5 Å². The van der Waals surface area contributed by atoms with Crippen molar-refractivity contribution in [2.75, 3.05) is 5.32 Å². The van der Waals surface area contributed by atoms with E-state index in [2.05, 4.69) is 43.3 Å². The first kappa shape index (κ1) is 12.8. The van der Waals surface area contributed by atoms with Crippen LogP contribution in [0.3, 0.4) is 0 Å². The summed E-state index contributed by atoms with van der Waals surface area (Å²) in [6, 6.07) is 1.76. The number of nitrogens with one attached hydrogen (secondary N) is 2. The first-order valence-electron chi connectivity index (χ1n) is 4.68. The van der Waals surface area contributed by atoms with Gasteiger partial charge in [0, 0.05) is 5.38 Å². The molecule has 0 aliphatic rings. The van der Waals surface area contributed by atoms with Crippen molar-refractivity contribution in [3.63, 3.8) is 0 Å². The molecule has 0 radical (unpaired) electrons. The van der Waals surface area contributed by atoms with Crippen molar-refractivity contribution < 1.29 is 10.0 Å². The van der Waals surface area contributed by atoms with Crippen molar-refractivity contribution in [3.8, 4) is 0 Å². The molecule has 0 spiro atoms. The summed E-state index contributed by atoms with van der Waals surface area (Å²) in [5, 5.41) is 22.1. The molecule has 0 bridgehead atoms. The van der Waals surface area contributed by atoms with Crippen molar-refractivity contribution in [1.29, 1.82) is 0 Å². The molecule has 7 nitrogen and oxygen atoms in total. The molecule has 0 aromatic carbocycles. The number of nitrogens with zero attached hydrogens (tertiary/aromatic N) is 2. The van der Waals surface area contributed by atoms with Gasteiger partial charge in [0.25, 0.3) is 5.91 Å². The molecule has 2 rings (SSSR count). The number of anilines is 1. The van der Waals surface area contributed by atoms with Gasteiger partial charge < -0.3 is 16.3 Å². The largest absolute Gasteiger partial charge is 0.409 e. The molecule has 0 aliphatic carbocycles. The quantitative estimate of drug-likeness (QED) is 0.213. The third-order valence-electron chi connectivity index (χ3n) is 2.09. The zero-order chi connectivity index (χ0) is 13.1. The Kier molecular flexibility index (Phi) is 3.81. The van der Waals surface area contributed by atoms with E-state index < -0.39 is 0 Å². The maximum absolute atomic E-state index is 11.9. The minimum atomic E-state index is -0.287. The van der Waals surface area contributed by atoms with Crippen molar-refractivity contribution >= 4 is 51.5 Å². The zero-order valence-electron chi connectivity index (χ0n) is 8.85. The average molecular weight is 377 g/mol. The Balaban J connectivity index is 2.20. The Morgan fingerprint density at radius 2 is 2.44 bits per heavy atom. The Morgan fingerprint density at radius 3 is 3.06 bits per heavy atom. The minimum Gasteiger partial charge on any atom is -0.409 e. The Bertz CT molecular complexity index is 606. The lowest BCUT2D eigenvalue weighted by Gasteiger charge is -2.03. The number of thiophene rings is 1. The fourth-order valence-electron chi connectivity index (χ4n) is 1.24. The molecule has 5 N–H and O–H groups in total. The number of carbonyl (C=O) groups excluding carboxylic acids is 1. The van der Waals surface area contributed by atoms with Crippen LogP contribution in [-0.4, -0.2) is 27.1 Å². The summed E-state index contributed by atoms with van der Waals surface area (Å²) < 4.78 is 1.01. The van der Waals surface area contributed by atoms with E-state index in [0.29, 0.717) is 11.1 Å². The highest BCUT2D eigenvalue weighted by Gasteiger charge is 2.14. The van der Waals surface area contributed by atoms with Crippen LogP contribution in [0.1, 0.15) is 15.9 Å². The molecule has 0 fully saturated rings. The van der Waals surface area contributed by atoms with Gasteiger partial charge in [0.15, 0.2) is 5.84 Å². The van der Waals surface area contributed by atoms with E-state index in [1.54, 1.807) is 11.4 Å². The van der Waals surface area contributed by atoms with Gasteiger partial charge in [-0.05, 0) is 28.7 Å². The van der Waals surface area contributed by atoms with Gasteiger partial charge in [-0.25, -0.2) is 0 Å². The first-order valence-corrected chi connectivity index (χ1v) is 6.64. The number of aromatic amines is 1. The number of rotatable bonds is 3. The fraction of sp³-hybridized carbons (Fsp3) is 0. The highest BCUT2D eigenvalue weighted by atomic mass is 127. The lowest BCUT2D eigenvalue weighted by Crippen LogP contribution is -2.18. The summed E-state index contributed by atoms with van der Waals surface area (Å²) in [6.07, 6.45) is 1.36. The lowest BCUT2D eigenvalue weighted by molar-refractivity contribution is 0.102. The number of halogens is 1. The van der Waals surface area contributed by atoms with Crippen LogP contribution in [0.5, 0.6) is 0 Å². The molecule has 0 saturated carbocycles. The van der Waals surface area contributed by atoms with Crippen molar-refractivity contribution in [2.24, 2.45) is 10.9 Å². The molecule has 94 valence electrons. The number of carbonyl (C=O) groups is 1. The third-order valence-corrected chi connectivity index (χ3v) is 3.88. The number of H-pyrrole nitrogens is 1. The number of hydrogen-bond donors (Lipinski definition) is 4. The number of amidine groups is 1. The standard InChI is InChI=1S/C9H8IN5O2S/c10-6-1-4(3-18-6)9(16)13-8-5(2-12-14-8)7(11)15-17/h1-3,17H,(H2,11,15)(H2,12,13,14,16). The van der Waals surface area contributed by atoms with Crippen LogP contribution in [-0.2, 0) is 0 Å². The predicted molar refractivity (Wildman–Crippen MR) is 76.1 cm³/mol.